The SMILES string of the molecule is CCNC(c1cc(C(=O)OCCCCCOC(=O)Cc2ccccc2Nc2c(Cl)cccc2Cl)cc(Br)c1N)C1CCCC1. The van der Waals surface area contributed by atoms with Crippen LogP contribution in [0.15, 0.2) is 59.1 Å². The first-order valence-corrected chi connectivity index (χ1v) is 16.8. The molecule has 0 radical (unpaired) electrons. The Balaban J connectivity index is 1.20. The molecule has 1 fully saturated rings. The Bertz CT molecular complexity index is 1410. The van der Waals surface area contributed by atoms with Gasteiger partial charge in [0.1, 0.15) is 0 Å². The molecule has 236 valence electrons. The van der Waals surface area contributed by atoms with E-state index >= 15 is 0 Å². The molecule has 1 aliphatic carbocycles. The van der Waals surface area contributed by atoms with Gasteiger partial charge in [0.25, 0.3) is 0 Å². The molecular formula is C34H40BrCl2N3O4. The summed E-state index contributed by atoms with van der Waals surface area (Å²) >= 11 is 16.1. The van der Waals surface area contributed by atoms with Crippen LogP contribution in [-0.4, -0.2) is 31.7 Å². The molecule has 0 heterocycles. The highest BCUT2D eigenvalue weighted by Gasteiger charge is 2.28. The van der Waals surface area contributed by atoms with Crippen molar-refractivity contribution in [2.45, 2.75) is 64.3 Å². The lowest BCUT2D eigenvalue weighted by Crippen LogP contribution is -2.28. The highest BCUT2D eigenvalue weighted by Crippen LogP contribution is 2.40. The minimum Gasteiger partial charge on any atom is -0.465 e. The molecular weight excluding hydrogens is 665 g/mol. The molecule has 4 N–H and O–H groups in total. The summed E-state index contributed by atoms with van der Waals surface area (Å²) in [6.45, 7) is 3.49. The Hall–Kier alpha value is -2.78. The van der Waals surface area contributed by atoms with Gasteiger partial charge in [-0.3, -0.25) is 4.79 Å². The van der Waals surface area contributed by atoms with Gasteiger partial charge in [-0.05, 0) is 102 Å². The Labute approximate surface area is 278 Å². The third kappa shape index (κ3) is 9.36. The fourth-order valence-corrected chi connectivity index (χ4v) is 6.59. The molecule has 0 aliphatic heterocycles. The van der Waals surface area contributed by atoms with E-state index in [4.69, 9.17) is 38.4 Å². The van der Waals surface area contributed by atoms with E-state index in [0.717, 1.165) is 42.6 Å². The molecule has 0 aromatic heterocycles. The molecule has 3 aromatic carbocycles. The van der Waals surface area contributed by atoms with Crippen LogP contribution in [-0.2, 0) is 20.7 Å². The van der Waals surface area contributed by atoms with Gasteiger partial charge in [0.15, 0.2) is 0 Å². The van der Waals surface area contributed by atoms with Crippen molar-refractivity contribution in [1.29, 1.82) is 0 Å². The van der Waals surface area contributed by atoms with Crippen molar-refractivity contribution in [2.75, 3.05) is 30.8 Å². The number of nitrogen functional groups attached to an aromatic ring is 1. The zero-order valence-electron chi connectivity index (χ0n) is 25.0. The number of halogens is 3. The quantitative estimate of drug-likeness (QED) is 0.0824. The number of anilines is 3. The summed E-state index contributed by atoms with van der Waals surface area (Å²) in [5, 5.41) is 7.80. The summed E-state index contributed by atoms with van der Waals surface area (Å²) in [6, 6.07) is 16.5. The Morgan fingerprint density at radius 3 is 2.36 bits per heavy atom. The van der Waals surface area contributed by atoms with Crippen LogP contribution in [0, 0.1) is 5.92 Å². The fourth-order valence-electron chi connectivity index (χ4n) is 5.63. The second kappa shape index (κ2) is 17.1. The van der Waals surface area contributed by atoms with Crippen LogP contribution in [0.4, 0.5) is 17.1 Å². The van der Waals surface area contributed by atoms with Gasteiger partial charge in [-0.1, -0.05) is 67.2 Å². The number of rotatable bonds is 15. The number of hydrogen-bond donors (Lipinski definition) is 3. The smallest absolute Gasteiger partial charge is 0.338 e. The van der Waals surface area contributed by atoms with E-state index in [1.165, 1.54) is 12.8 Å². The van der Waals surface area contributed by atoms with Gasteiger partial charge >= 0.3 is 11.9 Å². The molecule has 0 saturated heterocycles. The predicted octanol–water partition coefficient (Wildman–Crippen LogP) is 9.04. The molecule has 1 atom stereocenters. The first kappa shape index (κ1) is 34.1. The van der Waals surface area contributed by atoms with E-state index in [1.54, 1.807) is 24.3 Å². The number of nitrogens with one attached hydrogen (secondary N) is 2. The van der Waals surface area contributed by atoms with Crippen LogP contribution < -0.4 is 16.4 Å². The van der Waals surface area contributed by atoms with Crippen LogP contribution >= 0.6 is 39.1 Å². The summed E-state index contributed by atoms with van der Waals surface area (Å²) < 4.78 is 11.7. The lowest BCUT2D eigenvalue weighted by atomic mass is 9.89. The second-order valence-electron chi connectivity index (χ2n) is 11.0. The molecule has 1 unspecified atom stereocenters. The average molecular weight is 706 g/mol. The molecule has 1 aliphatic rings. The van der Waals surface area contributed by atoms with Crippen molar-refractivity contribution >= 4 is 68.1 Å². The summed E-state index contributed by atoms with van der Waals surface area (Å²) in [6.07, 6.45) is 6.95. The topological polar surface area (TPSA) is 103 Å². The number of hydrogen-bond acceptors (Lipinski definition) is 7. The summed E-state index contributed by atoms with van der Waals surface area (Å²) in [7, 11) is 0. The van der Waals surface area contributed by atoms with Crippen LogP contribution in [0.5, 0.6) is 0 Å². The van der Waals surface area contributed by atoms with Crippen molar-refractivity contribution in [3.05, 3.63) is 85.8 Å². The van der Waals surface area contributed by atoms with E-state index in [2.05, 4.69) is 33.5 Å². The van der Waals surface area contributed by atoms with Crippen molar-refractivity contribution in [2.24, 2.45) is 5.92 Å². The molecule has 44 heavy (non-hydrogen) atoms. The van der Waals surface area contributed by atoms with Crippen molar-refractivity contribution in [3.8, 4) is 0 Å². The van der Waals surface area contributed by atoms with Gasteiger partial charge in [-0.2, -0.15) is 0 Å². The average Bonchev–Trinajstić information content (AvgIpc) is 3.54. The van der Waals surface area contributed by atoms with Gasteiger partial charge in [-0.15, -0.1) is 0 Å². The molecule has 4 rings (SSSR count). The number of carbonyl (C=O) groups excluding carboxylic acids is 2. The monoisotopic (exact) mass is 703 g/mol. The first-order chi connectivity index (χ1) is 21.3. The maximum absolute atomic E-state index is 12.9. The van der Waals surface area contributed by atoms with Crippen LogP contribution in [0.1, 0.15) is 79.4 Å². The Kier molecular flexibility index (Phi) is 13.2. The zero-order valence-corrected chi connectivity index (χ0v) is 28.1. The number of unbranched alkanes of at least 4 members (excludes halogenated alkanes) is 2. The minimum atomic E-state index is -0.370. The molecule has 7 nitrogen and oxygen atoms in total. The third-order valence-electron chi connectivity index (χ3n) is 7.89. The molecule has 0 amide bonds. The second-order valence-corrected chi connectivity index (χ2v) is 12.7. The van der Waals surface area contributed by atoms with Crippen LogP contribution in [0.25, 0.3) is 0 Å². The van der Waals surface area contributed by atoms with E-state index in [0.29, 0.717) is 56.8 Å². The third-order valence-corrected chi connectivity index (χ3v) is 9.17. The highest BCUT2D eigenvalue weighted by molar-refractivity contribution is 9.10. The normalized spacial score (nSPS) is 13.9. The molecule has 0 bridgehead atoms. The van der Waals surface area contributed by atoms with Gasteiger partial charge in [0.2, 0.25) is 0 Å². The lowest BCUT2D eigenvalue weighted by molar-refractivity contribution is -0.142. The number of benzene rings is 3. The highest BCUT2D eigenvalue weighted by atomic mass is 79.9. The van der Waals surface area contributed by atoms with Crippen LogP contribution in [0.2, 0.25) is 10.0 Å². The van der Waals surface area contributed by atoms with Crippen molar-refractivity contribution in [3.63, 3.8) is 0 Å². The van der Waals surface area contributed by atoms with Gasteiger partial charge in [-0.25, -0.2) is 4.79 Å². The Morgan fingerprint density at radius 2 is 1.66 bits per heavy atom. The maximum Gasteiger partial charge on any atom is 0.338 e. The van der Waals surface area contributed by atoms with Gasteiger partial charge in [0, 0.05) is 16.2 Å². The maximum atomic E-state index is 12.9. The molecule has 1 saturated carbocycles. The largest absolute Gasteiger partial charge is 0.465 e. The first-order valence-electron chi connectivity index (χ1n) is 15.2. The number of carbonyl (C=O) groups is 2. The van der Waals surface area contributed by atoms with E-state index in [9.17, 15) is 9.59 Å². The number of para-hydroxylation sites is 2. The Morgan fingerprint density at radius 1 is 0.977 bits per heavy atom. The van der Waals surface area contributed by atoms with Gasteiger partial charge < -0.3 is 25.8 Å². The lowest BCUT2D eigenvalue weighted by Gasteiger charge is -2.27. The molecule has 10 heteroatoms. The van der Waals surface area contributed by atoms with Crippen LogP contribution in [0.3, 0.4) is 0 Å². The fraction of sp³-hybridized carbons (Fsp3) is 0.412. The number of ether oxygens (including phenoxy) is 2. The van der Waals surface area contributed by atoms with E-state index in [-0.39, 0.29) is 31.0 Å². The minimum absolute atomic E-state index is 0.109. The summed E-state index contributed by atoms with van der Waals surface area (Å²) in [5.74, 6) is -0.192. The summed E-state index contributed by atoms with van der Waals surface area (Å²) in [5.41, 5.74) is 10.6. The summed E-state index contributed by atoms with van der Waals surface area (Å²) in [4.78, 5) is 25.4. The number of nitrogens with two attached hydrogens (primary N) is 1. The molecule has 0 spiro atoms. The van der Waals surface area contributed by atoms with Crippen molar-refractivity contribution in [1.82, 2.24) is 5.32 Å². The standard InChI is InChI=1S/C34H40BrCl2N3O4/c1-2-39-32(22-11-4-5-12-22)25-19-24(20-26(35)31(25)38)34(42)44-18-9-3-8-17-43-30(41)21-23-13-6-7-16-29(23)40-33-27(36)14-10-15-28(33)37/h6-7,10,13-16,19-20,22,32,39-40H,2-5,8-9,11-12,17-18,21,38H2,1H3. The van der Waals surface area contributed by atoms with Crippen molar-refractivity contribution < 1.29 is 19.1 Å². The zero-order chi connectivity index (χ0) is 31.5. The molecule has 3 aromatic rings. The van der Waals surface area contributed by atoms with Gasteiger partial charge in [0.05, 0.1) is 46.6 Å². The van der Waals surface area contributed by atoms with E-state index < -0.39 is 0 Å². The number of esters is 2. The van der Waals surface area contributed by atoms with E-state index in [1.807, 2.05) is 30.3 Å². The predicted molar refractivity (Wildman–Crippen MR) is 182 cm³/mol.